The Morgan fingerprint density at radius 1 is 0.939 bits per heavy atom. The van der Waals surface area contributed by atoms with E-state index < -0.39 is 0 Å². The maximum Gasteiger partial charge on any atom is 0.287 e. The molecule has 260 valence electrons. The molecule has 4 aliphatic heterocycles. The van der Waals surface area contributed by atoms with Gasteiger partial charge in [-0.05, 0) is 98.8 Å². The molecule has 10 nitrogen and oxygen atoms in total. The molecule has 4 aliphatic rings. The number of aryl methyl sites for hydroxylation is 1. The van der Waals surface area contributed by atoms with Crippen molar-refractivity contribution >= 4 is 34.8 Å². The number of likely N-dealkylation sites (N-methyl/N-ethyl adjacent to an activating group) is 1. The molecule has 2 aromatic carbocycles. The lowest BCUT2D eigenvalue weighted by Gasteiger charge is -2.47. The first-order chi connectivity index (χ1) is 23.6. The quantitative estimate of drug-likeness (QED) is 0.344. The zero-order valence-electron chi connectivity index (χ0n) is 28.7. The molecule has 0 saturated carbocycles. The standard InChI is InChI=1S/C38H48ClN7O3/c1-43-24-29(20-30(25-43)41-33-22-40-44(2)37(49)35(33)39)27-8-6-26(7-9-27)23-45-16-12-38(13-17-45)14-18-46(19-15-38)31-5-3-4-28(21-31)32-10-11-34(47)42-36(32)48/h3-9,21-22,29-30,32,41H,10-20,23-25H2,1-2H3,(H,42,47,48)/t29-,30+,32?/m1/s1. The van der Waals surface area contributed by atoms with Gasteiger partial charge < -0.3 is 15.1 Å². The van der Waals surface area contributed by atoms with Crippen LogP contribution in [-0.2, 0) is 23.2 Å². The molecule has 0 bridgehead atoms. The maximum absolute atomic E-state index is 12.4. The molecular formula is C38H48ClN7O3. The Labute approximate surface area is 293 Å². The number of likely N-dealkylation sites (tertiary alicyclic amines) is 2. The number of nitrogens with one attached hydrogen (secondary N) is 2. The zero-order valence-corrected chi connectivity index (χ0v) is 29.4. The van der Waals surface area contributed by atoms with Crippen LogP contribution >= 0.6 is 11.6 Å². The monoisotopic (exact) mass is 685 g/mol. The van der Waals surface area contributed by atoms with Gasteiger partial charge in [-0.1, -0.05) is 48.0 Å². The third-order valence-corrected chi connectivity index (χ3v) is 11.9. The van der Waals surface area contributed by atoms with Gasteiger partial charge >= 0.3 is 0 Å². The number of benzene rings is 2. The van der Waals surface area contributed by atoms with Crippen LogP contribution in [0.1, 0.15) is 73.5 Å². The van der Waals surface area contributed by atoms with E-state index in [1.54, 1.807) is 13.2 Å². The Balaban J connectivity index is 0.893. The minimum atomic E-state index is -0.288. The highest BCUT2D eigenvalue weighted by Gasteiger charge is 2.38. The molecule has 7 rings (SSSR count). The number of hydrogen-bond donors (Lipinski definition) is 2. The van der Waals surface area contributed by atoms with Gasteiger partial charge in [-0.2, -0.15) is 5.10 Å². The van der Waals surface area contributed by atoms with Gasteiger partial charge in [0.25, 0.3) is 5.56 Å². The molecule has 3 aromatic rings. The number of anilines is 2. The molecule has 4 saturated heterocycles. The normalized spacial score (nSPS) is 25.0. The largest absolute Gasteiger partial charge is 0.378 e. The molecule has 1 aromatic heterocycles. The highest BCUT2D eigenvalue weighted by molar-refractivity contribution is 6.32. The van der Waals surface area contributed by atoms with Crippen LogP contribution in [0.3, 0.4) is 0 Å². The smallest absolute Gasteiger partial charge is 0.287 e. The third-order valence-electron chi connectivity index (χ3n) is 11.5. The lowest BCUT2D eigenvalue weighted by molar-refractivity contribution is -0.134. The zero-order chi connectivity index (χ0) is 34.1. The first kappa shape index (κ1) is 33.8. The number of nitrogens with zero attached hydrogens (tertiary/aromatic N) is 5. The summed E-state index contributed by atoms with van der Waals surface area (Å²) < 4.78 is 1.26. The van der Waals surface area contributed by atoms with E-state index in [0.29, 0.717) is 29.9 Å². The van der Waals surface area contributed by atoms with E-state index in [9.17, 15) is 14.4 Å². The number of hydrogen-bond acceptors (Lipinski definition) is 8. The molecule has 1 spiro atoms. The summed E-state index contributed by atoms with van der Waals surface area (Å²) in [4.78, 5) is 43.8. The molecule has 49 heavy (non-hydrogen) atoms. The maximum atomic E-state index is 12.4. The van der Waals surface area contributed by atoms with Crippen molar-refractivity contribution in [1.29, 1.82) is 0 Å². The molecule has 0 radical (unpaired) electrons. The molecule has 2 amide bonds. The van der Waals surface area contributed by atoms with Gasteiger partial charge in [0.1, 0.15) is 5.02 Å². The summed E-state index contributed by atoms with van der Waals surface area (Å²) in [5.41, 5.74) is 5.65. The number of carbonyl (C=O) groups is 2. The fourth-order valence-corrected chi connectivity index (χ4v) is 8.75. The molecule has 2 N–H and O–H groups in total. The second-order valence-corrected chi connectivity index (χ2v) is 15.3. The van der Waals surface area contributed by atoms with Crippen molar-refractivity contribution in [3.8, 4) is 0 Å². The molecule has 11 heteroatoms. The third kappa shape index (κ3) is 7.56. The van der Waals surface area contributed by atoms with Crippen molar-refractivity contribution < 1.29 is 9.59 Å². The number of rotatable bonds is 7. The first-order valence-electron chi connectivity index (χ1n) is 17.8. The number of halogens is 1. The van der Waals surface area contributed by atoms with E-state index in [1.165, 1.54) is 47.2 Å². The number of imide groups is 1. The molecular weight excluding hydrogens is 638 g/mol. The van der Waals surface area contributed by atoms with Gasteiger partial charge in [-0.3, -0.25) is 24.6 Å². The van der Waals surface area contributed by atoms with E-state index in [-0.39, 0.29) is 34.4 Å². The average Bonchev–Trinajstić information content (AvgIpc) is 3.10. The average molecular weight is 686 g/mol. The van der Waals surface area contributed by atoms with Crippen LogP contribution in [0.25, 0.3) is 0 Å². The second-order valence-electron chi connectivity index (χ2n) is 14.9. The summed E-state index contributed by atoms with van der Waals surface area (Å²) in [5.74, 6) is -0.186. The summed E-state index contributed by atoms with van der Waals surface area (Å²) >= 11 is 6.34. The molecule has 1 unspecified atom stereocenters. The Kier molecular flexibility index (Phi) is 9.81. The van der Waals surface area contributed by atoms with Gasteiger partial charge in [0.15, 0.2) is 0 Å². The van der Waals surface area contributed by atoms with Crippen molar-refractivity contribution in [3.05, 3.63) is 86.8 Å². The summed E-state index contributed by atoms with van der Waals surface area (Å²) in [7, 11) is 3.75. The number of amides is 2. The molecule has 3 atom stereocenters. The summed E-state index contributed by atoms with van der Waals surface area (Å²) in [6, 6.07) is 17.8. The fraction of sp³-hybridized carbons (Fsp3) is 0.526. The SMILES string of the molecule is CN1C[C@@H](Nc2cnn(C)c(=O)c2Cl)C[C@@H](c2ccc(CN3CCC4(CC3)CCN(c3cccc(C5CCC(=O)NC5=O)c3)CC4)cc2)C1. The van der Waals surface area contributed by atoms with Crippen molar-refractivity contribution in [2.45, 2.75) is 69.4 Å². The van der Waals surface area contributed by atoms with E-state index in [4.69, 9.17) is 11.6 Å². The van der Waals surface area contributed by atoms with E-state index >= 15 is 0 Å². The Bertz CT molecular complexity index is 1730. The number of piperidine rings is 4. The predicted molar refractivity (Wildman–Crippen MR) is 193 cm³/mol. The second kappa shape index (κ2) is 14.2. The molecule has 0 aliphatic carbocycles. The van der Waals surface area contributed by atoms with Crippen LogP contribution in [0.5, 0.6) is 0 Å². The lowest BCUT2D eigenvalue weighted by atomic mass is 9.71. The van der Waals surface area contributed by atoms with Gasteiger partial charge in [0.05, 0.1) is 17.8 Å². The van der Waals surface area contributed by atoms with Gasteiger partial charge in [-0.15, -0.1) is 0 Å². The summed E-state index contributed by atoms with van der Waals surface area (Å²) in [6.45, 7) is 7.21. The minimum absolute atomic E-state index is 0.168. The lowest BCUT2D eigenvalue weighted by Crippen LogP contribution is -2.46. The van der Waals surface area contributed by atoms with Crippen LogP contribution in [0.4, 0.5) is 11.4 Å². The molecule has 5 heterocycles. The van der Waals surface area contributed by atoms with Gasteiger partial charge in [0, 0.05) is 57.9 Å². The Morgan fingerprint density at radius 3 is 2.41 bits per heavy atom. The van der Waals surface area contributed by atoms with Gasteiger partial charge in [0.2, 0.25) is 11.8 Å². The fourth-order valence-electron chi connectivity index (χ4n) is 8.52. The van der Waals surface area contributed by atoms with Crippen molar-refractivity contribution in [1.82, 2.24) is 24.9 Å². The minimum Gasteiger partial charge on any atom is -0.378 e. The summed E-state index contributed by atoms with van der Waals surface area (Å²) in [6.07, 6.45) is 8.48. The van der Waals surface area contributed by atoms with Crippen molar-refractivity contribution in [2.75, 3.05) is 56.5 Å². The first-order valence-corrected chi connectivity index (χ1v) is 18.2. The number of aromatic nitrogens is 2. The van der Waals surface area contributed by atoms with E-state index in [0.717, 1.165) is 57.8 Å². The Morgan fingerprint density at radius 2 is 1.67 bits per heavy atom. The number of carbonyl (C=O) groups excluding carboxylic acids is 2. The van der Waals surface area contributed by atoms with Crippen LogP contribution in [0.2, 0.25) is 5.02 Å². The van der Waals surface area contributed by atoms with Crippen LogP contribution in [0.15, 0.2) is 59.5 Å². The van der Waals surface area contributed by atoms with Crippen LogP contribution < -0.4 is 21.1 Å². The predicted octanol–water partition coefficient (Wildman–Crippen LogP) is 4.74. The van der Waals surface area contributed by atoms with E-state index in [2.05, 4.69) is 79.9 Å². The highest BCUT2D eigenvalue weighted by atomic mass is 35.5. The summed E-state index contributed by atoms with van der Waals surface area (Å²) in [5, 5.41) is 10.3. The van der Waals surface area contributed by atoms with Crippen molar-refractivity contribution in [2.24, 2.45) is 12.5 Å². The Hall–Kier alpha value is -3.73. The van der Waals surface area contributed by atoms with Crippen molar-refractivity contribution in [3.63, 3.8) is 0 Å². The topological polar surface area (TPSA) is 103 Å². The highest BCUT2D eigenvalue weighted by Crippen LogP contribution is 2.43. The molecule has 4 fully saturated rings. The van der Waals surface area contributed by atoms with Crippen LogP contribution in [-0.4, -0.2) is 83.8 Å². The van der Waals surface area contributed by atoms with E-state index in [1.807, 2.05) is 6.07 Å². The van der Waals surface area contributed by atoms with Crippen LogP contribution in [0, 0.1) is 5.41 Å². The van der Waals surface area contributed by atoms with Gasteiger partial charge in [-0.25, -0.2) is 4.68 Å².